The maximum absolute atomic E-state index is 12.4. The molecule has 3 N–H and O–H groups in total. The largest absolute Gasteiger partial charge is 0.466 e. The van der Waals surface area contributed by atoms with Crippen molar-refractivity contribution in [2.45, 2.75) is 264 Å². The van der Waals surface area contributed by atoms with E-state index in [1.807, 2.05) is 6.08 Å². The maximum atomic E-state index is 12.4. The zero-order valence-electron chi connectivity index (χ0n) is 39.0. The van der Waals surface area contributed by atoms with E-state index in [1.165, 1.54) is 141 Å². The van der Waals surface area contributed by atoms with Crippen molar-refractivity contribution in [3.8, 4) is 0 Å². The van der Waals surface area contributed by atoms with Crippen LogP contribution in [-0.2, 0) is 14.3 Å². The monoisotopic (exact) mass is 828 g/mol. The number of allylic oxidation sites excluding steroid dienone is 7. The lowest BCUT2D eigenvalue weighted by atomic mass is 10.1. The Labute approximate surface area is 366 Å². The Hall–Kier alpha value is -2.18. The molecule has 2 unspecified atom stereocenters. The van der Waals surface area contributed by atoms with Gasteiger partial charge in [-0.3, -0.25) is 9.59 Å². The minimum atomic E-state index is -0.854. The van der Waals surface area contributed by atoms with Crippen molar-refractivity contribution in [2.24, 2.45) is 0 Å². The van der Waals surface area contributed by atoms with E-state index in [4.69, 9.17) is 4.74 Å². The smallest absolute Gasteiger partial charge is 0.305 e. The Bertz CT molecular complexity index is 1000. The van der Waals surface area contributed by atoms with Gasteiger partial charge >= 0.3 is 5.97 Å². The zero-order valence-corrected chi connectivity index (χ0v) is 39.0. The highest BCUT2D eigenvalue weighted by molar-refractivity contribution is 5.76. The van der Waals surface area contributed by atoms with Crippen molar-refractivity contribution < 1.29 is 24.5 Å². The summed E-state index contributed by atoms with van der Waals surface area (Å²) in [5, 5.41) is 22.9. The van der Waals surface area contributed by atoms with Crippen molar-refractivity contribution in [2.75, 3.05) is 13.2 Å². The van der Waals surface area contributed by atoms with Crippen LogP contribution in [0.4, 0.5) is 0 Å². The normalized spacial score (nSPS) is 13.1. The molecule has 0 rings (SSSR count). The van der Waals surface area contributed by atoms with Gasteiger partial charge in [0, 0.05) is 12.8 Å². The Morgan fingerprint density at radius 2 is 0.847 bits per heavy atom. The predicted octanol–water partition coefficient (Wildman–Crippen LogP) is 15.1. The number of aliphatic hydroxyl groups is 2. The molecule has 0 fully saturated rings. The summed E-state index contributed by atoms with van der Waals surface area (Å²) in [7, 11) is 0. The first-order valence-electron chi connectivity index (χ1n) is 25.4. The van der Waals surface area contributed by atoms with Gasteiger partial charge < -0.3 is 20.3 Å². The van der Waals surface area contributed by atoms with E-state index in [9.17, 15) is 19.8 Å². The molecule has 0 aliphatic rings. The molecule has 0 saturated heterocycles. The van der Waals surface area contributed by atoms with Crippen LogP contribution in [0.3, 0.4) is 0 Å². The molecule has 0 aromatic heterocycles. The summed E-state index contributed by atoms with van der Waals surface area (Å²) in [4.78, 5) is 24.4. The molecule has 6 heteroatoms. The fraction of sp³-hybridized carbons (Fsp3) is 0.811. The average molecular weight is 828 g/mol. The van der Waals surface area contributed by atoms with Gasteiger partial charge in [-0.25, -0.2) is 0 Å². The summed E-state index contributed by atoms with van der Waals surface area (Å²) in [6.45, 7) is 4.81. The van der Waals surface area contributed by atoms with Crippen LogP contribution in [0.5, 0.6) is 0 Å². The summed E-state index contributed by atoms with van der Waals surface area (Å²) in [6, 6.07) is -0.639. The quantitative estimate of drug-likeness (QED) is 0.0323. The van der Waals surface area contributed by atoms with E-state index in [-0.39, 0.29) is 18.5 Å². The van der Waals surface area contributed by atoms with Crippen molar-refractivity contribution >= 4 is 11.9 Å². The molecule has 0 heterocycles. The first kappa shape index (κ1) is 56.8. The second-order valence-electron chi connectivity index (χ2n) is 17.1. The summed E-state index contributed by atoms with van der Waals surface area (Å²) < 4.78 is 5.45. The number of hydrogen-bond acceptors (Lipinski definition) is 5. The predicted molar refractivity (Wildman–Crippen MR) is 255 cm³/mol. The first-order chi connectivity index (χ1) is 29.0. The van der Waals surface area contributed by atoms with Crippen molar-refractivity contribution in [1.82, 2.24) is 5.32 Å². The molecule has 0 radical (unpaired) electrons. The summed E-state index contributed by atoms with van der Waals surface area (Å²) in [5.41, 5.74) is 0. The van der Waals surface area contributed by atoms with Crippen LogP contribution >= 0.6 is 0 Å². The minimum Gasteiger partial charge on any atom is -0.466 e. The second-order valence-corrected chi connectivity index (χ2v) is 17.1. The number of aliphatic hydroxyl groups excluding tert-OH is 2. The molecule has 0 aromatic rings. The number of hydrogen-bond donors (Lipinski definition) is 3. The van der Waals surface area contributed by atoms with E-state index in [2.05, 4.69) is 55.6 Å². The fourth-order valence-electron chi connectivity index (χ4n) is 7.36. The van der Waals surface area contributed by atoms with E-state index in [0.717, 1.165) is 83.5 Å². The van der Waals surface area contributed by atoms with Crippen LogP contribution in [0.25, 0.3) is 0 Å². The van der Waals surface area contributed by atoms with Gasteiger partial charge in [-0.2, -0.15) is 0 Å². The lowest BCUT2D eigenvalue weighted by Crippen LogP contribution is -2.45. The van der Waals surface area contributed by atoms with E-state index >= 15 is 0 Å². The number of esters is 1. The molecule has 6 nitrogen and oxygen atoms in total. The lowest BCUT2D eigenvalue weighted by Gasteiger charge is -2.20. The Balaban J connectivity index is 3.51. The van der Waals surface area contributed by atoms with Crippen molar-refractivity contribution in [3.63, 3.8) is 0 Å². The molecular weight excluding hydrogens is 731 g/mol. The fourth-order valence-corrected chi connectivity index (χ4v) is 7.36. The summed E-state index contributed by atoms with van der Waals surface area (Å²) >= 11 is 0. The third kappa shape index (κ3) is 45.2. The number of amides is 1. The molecule has 0 bridgehead atoms. The lowest BCUT2D eigenvalue weighted by molar-refractivity contribution is -0.143. The summed E-state index contributed by atoms with van der Waals surface area (Å²) in [5.74, 6) is -0.113. The molecule has 0 aromatic carbocycles. The topological polar surface area (TPSA) is 95.9 Å². The van der Waals surface area contributed by atoms with Gasteiger partial charge in [0.1, 0.15) is 0 Å². The van der Waals surface area contributed by atoms with E-state index < -0.39 is 12.1 Å². The van der Waals surface area contributed by atoms with Crippen LogP contribution in [-0.4, -0.2) is 47.4 Å². The molecule has 0 saturated carbocycles. The number of carbonyl (C=O) groups is 2. The van der Waals surface area contributed by atoms with Gasteiger partial charge in [0.25, 0.3) is 0 Å². The molecule has 344 valence electrons. The molecule has 0 aliphatic heterocycles. The molecule has 1 amide bonds. The van der Waals surface area contributed by atoms with Gasteiger partial charge in [-0.1, -0.05) is 197 Å². The molecule has 0 spiro atoms. The van der Waals surface area contributed by atoms with E-state index in [0.29, 0.717) is 19.4 Å². The van der Waals surface area contributed by atoms with Gasteiger partial charge in [-0.15, -0.1) is 0 Å². The molecular formula is C53H97NO5. The number of rotatable bonds is 46. The van der Waals surface area contributed by atoms with Crippen LogP contribution in [0, 0.1) is 0 Å². The second kappa shape index (κ2) is 48.5. The van der Waals surface area contributed by atoms with Gasteiger partial charge in [-0.05, 0) is 89.9 Å². The maximum Gasteiger partial charge on any atom is 0.305 e. The standard InChI is InChI=1S/C53H97NO5/c1-3-5-7-9-11-13-15-16-17-20-23-27-31-35-39-43-47-53(58)59-48-44-40-36-32-28-24-21-18-19-22-26-30-34-38-42-46-52(57)54-50(49-55)51(56)45-41-37-33-29-25-14-12-10-8-6-4-2/h13,15,17,20-21,24,41,45,50-51,55-56H,3-12,14,16,18-19,22-23,25-40,42-44,46-49H2,1-2H3,(H,54,57)/b15-13-,20-17-,24-21-,45-41+. The third-order valence-electron chi connectivity index (χ3n) is 11.3. The minimum absolute atomic E-state index is 0.0259. The van der Waals surface area contributed by atoms with E-state index in [1.54, 1.807) is 6.08 Å². The van der Waals surface area contributed by atoms with Crippen LogP contribution in [0.2, 0.25) is 0 Å². The van der Waals surface area contributed by atoms with Crippen molar-refractivity contribution in [1.29, 1.82) is 0 Å². The molecule has 2 atom stereocenters. The third-order valence-corrected chi connectivity index (χ3v) is 11.3. The average Bonchev–Trinajstić information content (AvgIpc) is 3.24. The number of carbonyl (C=O) groups excluding carboxylic acids is 2. The molecule has 0 aliphatic carbocycles. The highest BCUT2D eigenvalue weighted by Crippen LogP contribution is 2.14. The SMILES string of the molecule is CCCCCC/C=C\C/C=C\CCCCCCCC(=O)OCCCCCC/C=C\CCCCCCCCCC(=O)NC(CO)C(O)/C=C/CCCCCCCCCCC. The number of ether oxygens (including phenoxy) is 1. The van der Waals surface area contributed by atoms with Gasteiger partial charge in [0.05, 0.1) is 25.4 Å². The highest BCUT2D eigenvalue weighted by atomic mass is 16.5. The van der Waals surface area contributed by atoms with Gasteiger partial charge in [0.15, 0.2) is 0 Å². The molecule has 59 heavy (non-hydrogen) atoms. The van der Waals surface area contributed by atoms with Crippen LogP contribution in [0.1, 0.15) is 251 Å². The Morgan fingerprint density at radius 3 is 1.32 bits per heavy atom. The van der Waals surface area contributed by atoms with Gasteiger partial charge in [0.2, 0.25) is 5.91 Å². The number of unbranched alkanes of at least 4 members (excludes halogenated alkanes) is 29. The zero-order chi connectivity index (χ0) is 43.0. The van der Waals surface area contributed by atoms with Crippen LogP contribution < -0.4 is 5.32 Å². The summed E-state index contributed by atoms with van der Waals surface area (Å²) in [6.07, 6.45) is 59.6. The van der Waals surface area contributed by atoms with Crippen molar-refractivity contribution in [3.05, 3.63) is 48.6 Å². The highest BCUT2D eigenvalue weighted by Gasteiger charge is 2.18. The number of nitrogens with one attached hydrogen (secondary N) is 1. The van der Waals surface area contributed by atoms with Crippen LogP contribution in [0.15, 0.2) is 48.6 Å². The Morgan fingerprint density at radius 1 is 0.475 bits per heavy atom. The Kier molecular flexibility index (Phi) is 46.7. The first-order valence-corrected chi connectivity index (χ1v) is 25.4.